The monoisotopic (exact) mass is 395 g/mol. The van der Waals surface area contributed by atoms with Gasteiger partial charge < -0.3 is 15.1 Å². The number of fused-ring (bicyclic) bond motifs is 2. The topological polar surface area (TPSA) is 69.0 Å². The second kappa shape index (κ2) is 6.95. The number of amides is 1. The molecule has 2 aromatic heterocycles. The zero-order valence-corrected chi connectivity index (χ0v) is 16.9. The molecule has 0 unspecified atom stereocenters. The number of hydrogen-bond donors (Lipinski definition) is 1. The normalized spacial score (nSPS) is 23.7. The molecule has 2 saturated heterocycles. The zero-order valence-electron chi connectivity index (χ0n) is 16.9. The smallest absolute Gasteiger partial charge is 0.229 e. The first-order chi connectivity index (χ1) is 14.3. The zero-order chi connectivity index (χ0) is 19.4. The van der Waals surface area contributed by atoms with Gasteiger partial charge in [0, 0.05) is 69.9 Å². The lowest BCUT2D eigenvalue weighted by Gasteiger charge is -2.44. The van der Waals surface area contributed by atoms with Gasteiger partial charge in [-0.15, -0.1) is 0 Å². The molecule has 4 aliphatic rings. The minimum absolute atomic E-state index is 0.112. The quantitative estimate of drug-likeness (QED) is 0.799. The number of aromatic nitrogens is 3. The van der Waals surface area contributed by atoms with E-state index in [0.717, 1.165) is 82.7 Å². The van der Waals surface area contributed by atoms with E-state index in [0.29, 0.717) is 5.91 Å². The Morgan fingerprint density at radius 1 is 1.07 bits per heavy atom. The van der Waals surface area contributed by atoms with Crippen molar-refractivity contribution < 1.29 is 4.79 Å². The third-order valence-electron chi connectivity index (χ3n) is 7.00. The highest BCUT2D eigenvalue weighted by Gasteiger charge is 2.40. The van der Waals surface area contributed by atoms with Gasteiger partial charge in [0.25, 0.3) is 0 Å². The highest BCUT2D eigenvalue weighted by atomic mass is 16.2. The minimum atomic E-state index is 0.112. The molecule has 2 aromatic rings. The Morgan fingerprint density at radius 3 is 2.66 bits per heavy atom. The van der Waals surface area contributed by atoms with Crippen molar-refractivity contribution in [1.29, 1.82) is 0 Å². The van der Waals surface area contributed by atoms with Gasteiger partial charge in [0.15, 0.2) is 5.65 Å². The molecule has 1 aliphatic carbocycles. The summed E-state index contributed by atoms with van der Waals surface area (Å²) in [4.78, 5) is 24.9. The average Bonchev–Trinajstić information content (AvgIpc) is 3.49. The lowest BCUT2D eigenvalue weighted by Crippen LogP contribution is -2.58. The van der Waals surface area contributed by atoms with Crippen LogP contribution in [0.25, 0.3) is 5.65 Å². The van der Waals surface area contributed by atoms with Crippen LogP contribution in [-0.2, 0) is 17.6 Å². The van der Waals surface area contributed by atoms with Crippen molar-refractivity contribution in [2.24, 2.45) is 5.92 Å². The fraction of sp³-hybridized carbons (Fsp3) is 0.667. The summed E-state index contributed by atoms with van der Waals surface area (Å²) in [5, 5.41) is 8.02. The molecule has 0 aromatic carbocycles. The van der Waals surface area contributed by atoms with Crippen LogP contribution in [0.15, 0.2) is 12.3 Å². The second-order valence-electron chi connectivity index (χ2n) is 8.91. The van der Waals surface area contributed by atoms with Gasteiger partial charge in [0.1, 0.15) is 5.82 Å². The van der Waals surface area contributed by atoms with Crippen LogP contribution >= 0.6 is 0 Å². The van der Waals surface area contributed by atoms with Gasteiger partial charge in [-0.05, 0) is 25.8 Å². The molecule has 1 N–H and O–H groups in total. The van der Waals surface area contributed by atoms with Gasteiger partial charge in [0.05, 0.1) is 17.8 Å². The molecule has 0 radical (unpaired) electrons. The van der Waals surface area contributed by atoms with E-state index in [4.69, 9.17) is 4.98 Å². The van der Waals surface area contributed by atoms with E-state index in [9.17, 15) is 4.79 Å². The van der Waals surface area contributed by atoms with Gasteiger partial charge in [-0.3, -0.25) is 9.69 Å². The van der Waals surface area contributed by atoms with Crippen molar-refractivity contribution in [3.8, 4) is 0 Å². The summed E-state index contributed by atoms with van der Waals surface area (Å²) >= 11 is 0. The Bertz CT molecular complexity index is 922. The van der Waals surface area contributed by atoms with Crippen LogP contribution in [-0.4, -0.2) is 88.7 Å². The fourth-order valence-corrected chi connectivity index (χ4v) is 5.15. The molecule has 0 atom stereocenters. The highest BCUT2D eigenvalue weighted by Crippen LogP contribution is 2.33. The standard InChI is InChI=1S/C21H29N7O/c29-21(26-11-9-25(10-12-26)16-1-2-16)15-13-27(14-15)20-17-3-6-22-7-4-18(17)24-19-5-8-23-28(19)20/h5,8,15-16,22H,1-4,6-7,9-14H2. The molecular weight excluding hydrogens is 366 g/mol. The Morgan fingerprint density at radius 2 is 1.86 bits per heavy atom. The molecule has 1 saturated carbocycles. The number of carbonyl (C=O) groups excluding carboxylic acids is 1. The van der Waals surface area contributed by atoms with Crippen molar-refractivity contribution in [2.45, 2.75) is 31.7 Å². The minimum Gasteiger partial charge on any atom is -0.354 e. The van der Waals surface area contributed by atoms with E-state index in [1.54, 1.807) is 0 Å². The number of nitrogens with one attached hydrogen (secondary N) is 1. The third kappa shape index (κ3) is 3.09. The Labute approximate surface area is 170 Å². The van der Waals surface area contributed by atoms with E-state index in [1.165, 1.54) is 24.1 Å². The molecular formula is C21H29N7O. The Kier molecular flexibility index (Phi) is 4.23. The molecule has 3 aliphatic heterocycles. The predicted octanol–water partition coefficient (Wildman–Crippen LogP) is 0.160. The number of piperazine rings is 1. The van der Waals surface area contributed by atoms with E-state index in [2.05, 4.69) is 25.1 Å². The molecule has 154 valence electrons. The maximum Gasteiger partial charge on any atom is 0.229 e. The number of hydrogen-bond acceptors (Lipinski definition) is 6. The lowest BCUT2D eigenvalue weighted by atomic mass is 9.96. The summed E-state index contributed by atoms with van der Waals surface area (Å²) in [7, 11) is 0. The summed E-state index contributed by atoms with van der Waals surface area (Å²) in [6.07, 6.45) is 6.43. The van der Waals surface area contributed by atoms with Gasteiger partial charge in [0.2, 0.25) is 5.91 Å². The Balaban J connectivity index is 1.18. The molecule has 29 heavy (non-hydrogen) atoms. The highest BCUT2D eigenvalue weighted by molar-refractivity contribution is 5.82. The summed E-state index contributed by atoms with van der Waals surface area (Å²) in [6.45, 7) is 7.41. The number of rotatable bonds is 3. The molecule has 5 heterocycles. The molecule has 8 heteroatoms. The van der Waals surface area contributed by atoms with Crippen LogP contribution in [0.5, 0.6) is 0 Å². The molecule has 8 nitrogen and oxygen atoms in total. The summed E-state index contributed by atoms with van der Waals surface area (Å²) in [5.41, 5.74) is 3.39. The van der Waals surface area contributed by atoms with Crippen LogP contribution in [0.1, 0.15) is 24.1 Å². The SMILES string of the molecule is O=C(C1CN(c2c3c(nc4ccnn24)CCNCC3)C1)N1CCN(C2CC2)CC1. The van der Waals surface area contributed by atoms with Gasteiger partial charge in [-0.1, -0.05) is 0 Å². The summed E-state index contributed by atoms with van der Waals surface area (Å²) in [6, 6.07) is 2.78. The predicted molar refractivity (Wildman–Crippen MR) is 110 cm³/mol. The molecule has 6 rings (SSSR count). The van der Waals surface area contributed by atoms with Gasteiger partial charge in [-0.2, -0.15) is 9.61 Å². The van der Waals surface area contributed by atoms with Crippen molar-refractivity contribution >= 4 is 17.4 Å². The summed E-state index contributed by atoms with van der Waals surface area (Å²) < 4.78 is 1.97. The largest absolute Gasteiger partial charge is 0.354 e. The van der Waals surface area contributed by atoms with Crippen molar-refractivity contribution in [3.05, 3.63) is 23.5 Å². The molecule has 0 bridgehead atoms. The number of nitrogens with zero attached hydrogens (tertiary/aromatic N) is 6. The van der Waals surface area contributed by atoms with E-state index in [-0.39, 0.29) is 5.92 Å². The van der Waals surface area contributed by atoms with Gasteiger partial charge in [-0.25, -0.2) is 4.98 Å². The van der Waals surface area contributed by atoms with Crippen molar-refractivity contribution in [1.82, 2.24) is 29.7 Å². The first-order valence-corrected chi connectivity index (χ1v) is 11.1. The first-order valence-electron chi connectivity index (χ1n) is 11.1. The summed E-state index contributed by atoms with van der Waals surface area (Å²) in [5.74, 6) is 1.61. The van der Waals surface area contributed by atoms with E-state index in [1.807, 2.05) is 16.8 Å². The van der Waals surface area contributed by atoms with Crippen LogP contribution in [0, 0.1) is 5.92 Å². The molecule has 0 spiro atoms. The van der Waals surface area contributed by atoms with Gasteiger partial charge >= 0.3 is 0 Å². The Hall–Kier alpha value is -2.19. The fourth-order valence-electron chi connectivity index (χ4n) is 5.15. The number of anilines is 1. The second-order valence-corrected chi connectivity index (χ2v) is 8.91. The number of carbonyl (C=O) groups is 1. The van der Waals surface area contributed by atoms with Crippen LogP contribution < -0.4 is 10.2 Å². The third-order valence-corrected chi connectivity index (χ3v) is 7.00. The van der Waals surface area contributed by atoms with Crippen molar-refractivity contribution in [2.75, 3.05) is 57.3 Å². The molecule has 1 amide bonds. The van der Waals surface area contributed by atoms with E-state index < -0.39 is 0 Å². The lowest BCUT2D eigenvalue weighted by molar-refractivity contribution is -0.138. The average molecular weight is 396 g/mol. The first kappa shape index (κ1) is 17.7. The van der Waals surface area contributed by atoms with Crippen LogP contribution in [0.4, 0.5) is 5.82 Å². The van der Waals surface area contributed by atoms with Crippen molar-refractivity contribution in [3.63, 3.8) is 0 Å². The maximum absolute atomic E-state index is 13.0. The van der Waals surface area contributed by atoms with Crippen LogP contribution in [0.3, 0.4) is 0 Å². The molecule has 3 fully saturated rings. The maximum atomic E-state index is 13.0. The van der Waals surface area contributed by atoms with Crippen LogP contribution in [0.2, 0.25) is 0 Å². The van der Waals surface area contributed by atoms with E-state index >= 15 is 0 Å².